The lowest BCUT2D eigenvalue weighted by Gasteiger charge is -2.43. The van der Waals surface area contributed by atoms with E-state index in [2.05, 4.69) is 30.2 Å². The van der Waals surface area contributed by atoms with Crippen LogP contribution in [0.1, 0.15) is 24.5 Å². The quantitative estimate of drug-likeness (QED) is 0.357. The van der Waals surface area contributed by atoms with Crippen molar-refractivity contribution in [3.05, 3.63) is 47.9 Å². The van der Waals surface area contributed by atoms with Crippen LogP contribution < -0.4 is 11.1 Å². The molecule has 0 spiro atoms. The number of nitrogens with zero attached hydrogens (tertiary/aromatic N) is 6. The predicted octanol–water partition coefficient (Wildman–Crippen LogP) is 2.64. The van der Waals surface area contributed by atoms with Crippen molar-refractivity contribution in [2.75, 3.05) is 25.5 Å². The highest BCUT2D eigenvalue weighted by Gasteiger charge is 2.46. The maximum atomic E-state index is 14.4. The number of anilines is 1. The number of halogens is 5. The molecule has 0 aliphatic carbocycles. The third-order valence-corrected chi connectivity index (χ3v) is 5.44. The molecule has 1 aliphatic rings. The topological polar surface area (TPSA) is 122 Å². The summed E-state index contributed by atoms with van der Waals surface area (Å²) in [5, 5.41) is 2.73. The second kappa shape index (κ2) is 10.3. The molecule has 35 heavy (non-hydrogen) atoms. The predicted molar refractivity (Wildman–Crippen MR) is 117 cm³/mol. The Kier molecular flexibility index (Phi) is 7.60. The molecule has 2 aromatic heterocycles. The Labute approximate surface area is 197 Å². The SMILES string of the molecule is CN=CC(=C(N)C(=O)N1CC(F)(F)C[C@@H](C)[C@H]1CNc1ncc(C(F)(F)F)cn1)c1cncnc1. The average Bonchev–Trinajstić information content (AvgIpc) is 2.80. The maximum absolute atomic E-state index is 14.4. The van der Waals surface area contributed by atoms with E-state index in [-0.39, 0.29) is 23.8 Å². The standard InChI is InChI=1S/C21H23F5N8O/c1-12-3-20(22,23)10-34(16(12)9-33-19-31-6-14(7-32-19)21(24,25)26)18(35)17(27)15(8-28-2)13-4-29-11-30-5-13/h4-8,11-12,16H,3,9-10,27H2,1-2H3,(H,31,32,33)/t12-,16-/m1/s1. The number of nitrogens with two attached hydrogens (primary N) is 1. The van der Waals surface area contributed by atoms with Crippen LogP contribution in [0.15, 0.2) is 41.8 Å². The summed E-state index contributed by atoms with van der Waals surface area (Å²) in [6.07, 6.45) is 1.51. The van der Waals surface area contributed by atoms with Gasteiger partial charge in [-0.2, -0.15) is 13.2 Å². The summed E-state index contributed by atoms with van der Waals surface area (Å²) in [4.78, 5) is 33.1. The summed E-state index contributed by atoms with van der Waals surface area (Å²) in [6.45, 7) is 0.568. The van der Waals surface area contributed by atoms with Crippen LogP contribution in [0.2, 0.25) is 0 Å². The van der Waals surface area contributed by atoms with Crippen molar-refractivity contribution in [3.63, 3.8) is 0 Å². The number of allylic oxidation sites excluding steroid dienone is 1. The summed E-state index contributed by atoms with van der Waals surface area (Å²) >= 11 is 0. The van der Waals surface area contributed by atoms with Crippen molar-refractivity contribution in [2.24, 2.45) is 16.6 Å². The summed E-state index contributed by atoms with van der Waals surface area (Å²) in [7, 11) is 1.45. The van der Waals surface area contributed by atoms with Crippen LogP contribution in [0.25, 0.3) is 5.57 Å². The molecule has 1 fully saturated rings. The fourth-order valence-corrected chi connectivity index (χ4v) is 3.78. The monoisotopic (exact) mass is 498 g/mol. The van der Waals surface area contributed by atoms with Crippen LogP contribution in [0.5, 0.6) is 0 Å². The van der Waals surface area contributed by atoms with E-state index in [0.29, 0.717) is 18.0 Å². The van der Waals surface area contributed by atoms with Gasteiger partial charge < -0.3 is 16.0 Å². The van der Waals surface area contributed by atoms with E-state index in [1.807, 2.05) is 0 Å². The number of carbonyl (C=O) groups is 1. The molecule has 1 amide bonds. The van der Waals surface area contributed by atoms with Gasteiger partial charge in [0, 0.05) is 62.2 Å². The number of hydrogen-bond acceptors (Lipinski definition) is 8. The van der Waals surface area contributed by atoms with Crippen molar-refractivity contribution in [1.82, 2.24) is 24.8 Å². The Bertz CT molecular complexity index is 1090. The largest absolute Gasteiger partial charge is 0.419 e. The van der Waals surface area contributed by atoms with Gasteiger partial charge in [0.25, 0.3) is 11.8 Å². The minimum Gasteiger partial charge on any atom is -0.394 e. The van der Waals surface area contributed by atoms with Crippen molar-refractivity contribution in [1.29, 1.82) is 0 Å². The minimum atomic E-state index is -4.60. The highest BCUT2D eigenvalue weighted by Crippen LogP contribution is 2.35. The fourth-order valence-electron chi connectivity index (χ4n) is 3.78. The lowest BCUT2D eigenvalue weighted by Crippen LogP contribution is -2.58. The van der Waals surface area contributed by atoms with Crippen LogP contribution in [0, 0.1) is 5.92 Å². The van der Waals surface area contributed by atoms with E-state index in [1.165, 1.54) is 32.0 Å². The van der Waals surface area contributed by atoms with E-state index >= 15 is 0 Å². The third kappa shape index (κ3) is 6.25. The first-order chi connectivity index (χ1) is 16.4. The number of alkyl halides is 5. The smallest absolute Gasteiger partial charge is 0.394 e. The Balaban J connectivity index is 1.88. The van der Waals surface area contributed by atoms with Gasteiger partial charge in [-0.05, 0) is 5.92 Å². The highest BCUT2D eigenvalue weighted by atomic mass is 19.4. The van der Waals surface area contributed by atoms with Crippen LogP contribution >= 0.6 is 0 Å². The molecule has 1 aliphatic heterocycles. The molecule has 14 heteroatoms. The number of hydrogen-bond donors (Lipinski definition) is 2. The van der Waals surface area contributed by atoms with Gasteiger partial charge in [0.05, 0.1) is 18.2 Å². The first-order valence-electron chi connectivity index (χ1n) is 10.4. The van der Waals surface area contributed by atoms with Crippen LogP contribution in [-0.2, 0) is 11.0 Å². The maximum Gasteiger partial charge on any atom is 0.419 e. The Morgan fingerprint density at radius 2 is 1.89 bits per heavy atom. The number of likely N-dealkylation sites (tertiary alicyclic amines) is 1. The van der Waals surface area contributed by atoms with Gasteiger partial charge in [0.2, 0.25) is 5.95 Å². The number of rotatable bonds is 6. The van der Waals surface area contributed by atoms with Gasteiger partial charge in [-0.25, -0.2) is 28.7 Å². The molecule has 3 N–H and O–H groups in total. The summed E-state index contributed by atoms with van der Waals surface area (Å²) in [6, 6.07) is -0.779. The molecule has 3 rings (SSSR count). The minimum absolute atomic E-state index is 0.0900. The first kappa shape index (κ1) is 25.9. The van der Waals surface area contributed by atoms with Crippen molar-refractivity contribution < 1.29 is 26.7 Å². The van der Waals surface area contributed by atoms with E-state index in [9.17, 15) is 26.7 Å². The summed E-state index contributed by atoms with van der Waals surface area (Å²) < 4.78 is 67.1. The molecule has 0 aromatic carbocycles. The molecule has 3 heterocycles. The number of aromatic nitrogens is 4. The molecule has 1 saturated heterocycles. The summed E-state index contributed by atoms with van der Waals surface area (Å²) in [5.41, 5.74) is 5.29. The van der Waals surface area contributed by atoms with E-state index < -0.39 is 48.5 Å². The van der Waals surface area contributed by atoms with E-state index in [1.54, 1.807) is 6.92 Å². The molecule has 2 atom stereocenters. The molecule has 0 unspecified atom stereocenters. The van der Waals surface area contributed by atoms with Crippen LogP contribution in [0.4, 0.5) is 27.9 Å². The van der Waals surface area contributed by atoms with Crippen LogP contribution in [-0.4, -0.2) is 69.1 Å². The van der Waals surface area contributed by atoms with Crippen molar-refractivity contribution in [3.8, 4) is 0 Å². The number of nitrogens with one attached hydrogen (secondary N) is 1. The molecule has 9 nitrogen and oxygen atoms in total. The van der Waals surface area contributed by atoms with Crippen molar-refractivity contribution in [2.45, 2.75) is 31.5 Å². The fraction of sp³-hybridized carbons (Fsp3) is 0.429. The normalized spacial score (nSPS) is 21.1. The molecule has 188 valence electrons. The van der Waals surface area contributed by atoms with Gasteiger partial charge in [0.1, 0.15) is 12.0 Å². The zero-order chi connectivity index (χ0) is 25.8. The number of aliphatic imine (C=N–C) groups is 1. The number of carbonyl (C=O) groups excluding carboxylic acids is 1. The number of amides is 1. The van der Waals surface area contributed by atoms with E-state index in [0.717, 1.165) is 4.90 Å². The Morgan fingerprint density at radius 3 is 2.46 bits per heavy atom. The lowest BCUT2D eigenvalue weighted by atomic mass is 9.88. The lowest BCUT2D eigenvalue weighted by molar-refractivity contribution is -0.148. The zero-order valence-electron chi connectivity index (χ0n) is 18.8. The highest BCUT2D eigenvalue weighted by molar-refractivity contribution is 6.18. The van der Waals surface area contributed by atoms with Gasteiger partial charge in [-0.3, -0.25) is 9.79 Å². The Hall–Kier alpha value is -3.71. The molecular formula is C21H23F5N8O. The zero-order valence-corrected chi connectivity index (χ0v) is 18.8. The number of piperidine rings is 1. The Morgan fingerprint density at radius 1 is 1.26 bits per heavy atom. The van der Waals surface area contributed by atoms with Gasteiger partial charge >= 0.3 is 6.18 Å². The summed E-state index contributed by atoms with van der Waals surface area (Å²) in [5.74, 6) is -4.83. The molecule has 0 radical (unpaired) electrons. The third-order valence-electron chi connectivity index (χ3n) is 5.44. The second-order valence-electron chi connectivity index (χ2n) is 8.05. The van der Waals surface area contributed by atoms with Gasteiger partial charge in [-0.15, -0.1) is 0 Å². The molecule has 2 aromatic rings. The molecule has 0 saturated carbocycles. The molecule has 0 bridgehead atoms. The second-order valence-corrected chi connectivity index (χ2v) is 8.05. The van der Waals surface area contributed by atoms with Crippen LogP contribution in [0.3, 0.4) is 0 Å². The average molecular weight is 498 g/mol. The van der Waals surface area contributed by atoms with E-state index in [4.69, 9.17) is 5.73 Å². The van der Waals surface area contributed by atoms with Gasteiger partial charge in [-0.1, -0.05) is 6.92 Å². The van der Waals surface area contributed by atoms with Gasteiger partial charge in [0.15, 0.2) is 0 Å². The first-order valence-corrected chi connectivity index (χ1v) is 10.4. The molecular weight excluding hydrogens is 475 g/mol. The van der Waals surface area contributed by atoms with Crippen molar-refractivity contribution >= 4 is 23.6 Å².